The molecule has 4 rings (SSSR count). The molecule has 1 amide bonds. The standard InChI is InChI=1S/C22H26N2O4/c1-4-27-19(25)18-12-16-11-14(15-7-10-28-21(2,3)13-15)5-6-17(16)24(18)22(8-9-22)20(23)26/h5-6,11-13H,4,7-10H2,1-3H3,(H2,23,26). The number of nitrogens with two attached hydrogens (primary N) is 1. The Hall–Kier alpha value is -2.60. The maximum Gasteiger partial charge on any atom is 0.355 e. The van der Waals surface area contributed by atoms with Crippen LogP contribution in [0.15, 0.2) is 30.3 Å². The fourth-order valence-electron chi connectivity index (χ4n) is 4.12. The lowest BCUT2D eigenvalue weighted by Crippen LogP contribution is -2.36. The Labute approximate surface area is 164 Å². The summed E-state index contributed by atoms with van der Waals surface area (Å²) in [7, 11) is 0. The van der Waals surface area contributed by atoms with Crippen LogP contribution in [0.5, 0.6) is 0 Å². The number of primary amides is 1. The molecular weight excluding hydrogens is 356 g/mol. The quantitative estimate of drug-likeness (QED) is 0.804. The molecule has 1 aromatic carbocycles. The summed E-state index contributed by atoms with van der Waals surface area (Å²) in [5.74, 6) is -0.840. The molecule has 2 heterocycles. The lowest BCUT2D eigenvalue weighted by Gasteiger charge is -2.28. The van der Waals surface area contributed by atoms with Gasteiger partial charge in [-0.1, -0.05) is 6.07 Å². The summed E-state index contributed by atoms with van der Waals surface area (Å²) in [6, 6.07) is 7.89. The molecule has 1 saturated carbocycles. The third kappa shape index (κ3) is 3.02. The first-order valence-corrected chi connectivity index (χ1v) is 9.76. The molecular formula is C22H26N2O4. The van der Waals surface area contributed by atoms with Crippen molar-refractivity contribution >= 4 is 28.4 Å². The lowest BCUT2D eigenvalue weighted by atomic mass is 9.94. The van der Waals surface area contributed by atoms with Crippen molar-refractivity contribution in [2.45, 2.75) is 51.2 Å². The molecule has 0 unspecified atom stereocenters. The van der Waals surface area contributed by atoms with Crippen LogP contribution in [0.1, 0.15) is 56.1 Å². The second-order valence-electron chi connectivity index (χ2n) is 8.13. The number of ether oxygens (including phenoxy) is 2. The number of nitrogens with zero attached hydrogens (tertiary/aromatic N) is 1. The highest BCUT2D eigenvalue weighted by atomic mass is 16.5. The van der Waals surface area contributed by atoms with Crippen LogP contribution in [0.3, 0.4) is 0 Å². The van der Waals surface area contributed by atoms with Crippen LogP contribution in [0.25, 0.3) is 16.5 Å². The number of benzene rings is 1. The minimum absolute atomic E-state index is 0.275. The third-order valence-electron chi connectivity index (χ3n) is 5.63. The van der Waals surface area contributed by atoms with Crippen LogP contribution >= 0.6 is 0 Å². The van der Waals surface area contributed by atoms with E-state index in [4.69, 9.17) is 15.2 Å². The van der Waals surface area contributed by atoms with Crippen molar-refractivity contribution in [3.8, 4) is 0 Å². The summed E-state index contributed by atoms with van der Waals surface area (Å²) >= 11 is 0. The van der Waals surface area contributed by atoms with Crippen molar-refractivity contribution in [2.24, 2.45) is 5.73 Å². The van der Waals surface area contributed by atoms with E-state index in [1.807, 2.05) is 32.0 Å². The van der Waals surface area contributed by atoms with Gasteiger partial charge >= 0.3 is 5.97 Å². The smallest absolute Gasteiger partial charge is 0.355 e. The number of carbonyl (C=O) groups is 2. The van der Waals surface area contributed by atoms with Gasteiger partial charge in [-0.2, -0.15) is 0 Å². The Morgan fingerprint density at radius 1 is 1.25 bits per heavy atom. The fourth-order valence-corrected chi connectivity index (χ4v) is 4.12. The zero-order chi connectivity index (χ0) is 20.1. The molecule has 6 nitrogen and oxygen atoms in total. The van der Waals surface area contributed by atoms with Gasteiger partial charge in [0.2, 0.25) is 5.91 Å². The highest BCUT2D eigenvalue weighted by Crippen LogP contribution is 2.47. The Balaban J connectivity index is 1.86. The van der Waals surface area contributed by atoms with Crippen LogP contribution in [0.2, 0.25) is 0 Å². The number of carbonyl (C=O) groups excluding carboxylic acids is 2. The summed E-state index contributed by atoms with van der Waals surface area (Å²) in [5.41, 5.74) is 8.10. The molecule has 0 radical (unpaired) electrons. The summed E-state index contributed by atoms with van der Waals surface area (Å²) in [6.45, 7) is 6.81. The first kappa shape index (κ1) is 18.7. The number of hydrogen-bond donors (Lipinski definition) is 1. The van der Waals surface area contributed by atoms with Gasteiger partial charge in [-0.3, -0.25) is 4.79 Å². The Kier molecular flexibility index (Phi) is 4.34. The summed E-state index contributed by atoms with van der Waals surface area (Å²) in [5, 5.41) is 0.901. The van der Waals surface area contributed by atoms with Gasteiger partial charge in [0.25, 0.3) is 0 Å². The van der Waals surface area contributed by atoms with Gasteiger partial charge in [0.1, 0.15) is 11.2 Å². The molecule has 2 aliphatic rings. The van der Waals surface area contributed by atoms with Crippen molar-refractivity contribution in [1.29, 1.82) is 0 Å². The molecule has 2 aromatic rings. The SMILES string of the molecule is CCOC(=O)c1cc2cc(C3=CC(C)(C)OCC3)ccc2n1C1(C(N)=O)CC1. The van der Waals surface area contributed by atoms with Crippen molar-refractivity contribution < 1.29 is 19.1 Å². The van der Waals surface area contributed by atoms with E-state index >= 15 is 0 Å². The number of hydrogen-bond acceptors (Lipinski definition) is 4. The summed E-state index contributed by atoms with van der Waals surface area (Å²) < 4.78 is 12.8. The molecule has 0 spiro atoms. The van der Waals surface area contributed by atoms with Gasteiger partial charge in [0.15, 0.2) is 0 Å². The van der Waals surface area contributed by atoms with Gasteiger partial charge in [0.05, 0.1) is 18.8 Å². The second-order valence-corrected chi connectivity index (χ2v) is 8.13. The highest BCUT2D eigenvalue weighted by Gasteiger charge is 2.52. The summed E-state index contributed by atoms with van der Waals surface area (Å²) in [6.07, 6.45) is 4.26. The van der Waals surface area contributed by atoms with Gasteiger partial charge in [-0.25, -0.2) is 4.79 Å². The van der Waals surface area contributed by atoms with Gasteiger partial charge in [-0.15, -0.1) is 0 Å². The third-order valence-corrected chi connectivity index (χ3v) is 5.63. The van der Waals surface area contributed by atoms with Gasteiger partial charge in [-0.05, 0) is 75.4 Å². The number of amides is 1. The van der Waals surface area contributed by atoms with Crippen molar-refractivity contribution in [3.63, 3.8) is 0 Å². The topological polar surface area (TPSA) is 83.6 Å². The highest BCUT2D eigenvalue weighted by molar-refractivity contribution is 5.99. The Morgan fingerprint density at radius 3 is 2.61 bits per heavy atom. The monoisotopic (exact) mass is 382 g/mol. The van der Waals surface area contributed by atoms with Crippen LogP contribution < -0.4 is 5.73 Å². The van der Waals surface area contributed by atoms with E-state index in [0.29, 0.717) is 25.1 Å². The maximum absolute atomic E-state index is 12.6. The zero-order valence-corrected chi connectivity index (χ0v) is 16.6. The minimum Gasteiger partial charge on any atom is -0.461 e. The summed E-state index contributed by atoms with van der Waals surface area (Å²) in [4.78, 5) is 24.8. The average molecular weight is 382 g/mol. The molecule has 0 atom stereocenters. The minimum atomic E-state index is -0.828. The molecule has 28 heavy (non-hydrogen) atoms. The number of aromatic nitrogens is 1. The molecule has 2 N–H and O–H groups in total. The normalized spacial score (nSPS) is 19.9. The van der Waals surface area contributed by atoms with E-state index < -0.39 is 17.4 Å². The molecule has 0 bridgehead atoms. The number of rotatable bonds is 5. The first-order chi connectivity index (χ1) is 13.3. The van der Waals surface area contributed by atoms with Crippen LogP contribution in [-0.4, -0.2) is 35.3 Å². The second kappa shape index (κ2) is 6.48. The van der Waals surface area contributed by atoms with E-state index in [9.17, 15) is 9.59 Å². The molecule has 6 heteroatoms. The molecule has 148 valence electrons. The zero-order valence-electron chi connectivity index (χ0n) is 16.6. The van der Waals surface area contributed by atoms with E-state index in [0.717, 1.165) is 22.9 Å². The van der Waals surface area contributed by atoms with Crippen LogP contribution in [0, 0.1) is 0 Å². The maximum atomic E-state index is 12.6. The van der Waals surface area contributed by atoms with Crippen LogP contribution in [-0.2, 0) is 19.8 Å². The molecule has 1 aromatic heterocycles. The molecule has 1 aliphatic carbocycles. The molecule has 0 saturated heterocycles. The first-order valence-electron chi connectivity index (χ1n) is 9.76. The molecule has 1 fully saturated rings. The van der Waals surface area contributed by atoms with Crippen molar-refractivity contribution in [3.05, 3.63) is 41.6 Å². The number of esters is 1. The van der Waals surface area contributed by atoms with Crippen LogP contribution in [0.4, 0.5) is 0 Å². The number of fused-ring (bicyclic) bond motifs is 1. The predicted octanol–water partition coefficient (Wildman–Crippen LogP) is 3.37. The average Bonchev–Trinajstić information content (AvgIpc) is 3.35. The van der Waals surface area contributed by atoms with E-state index in [2.05, 4.69) is 12.1 Å². The van der Waals surface area contributed by atoms with Gasteiger partial charge in [0, 0.05) is 10.9 Å². The van der Waals surface area contributed by atoms with E-state index in [1.54, 1.807) is 11.5 Å². The fraction of sp³-hybridized carbons (Fsp3) is 0.455. The predicted molar refractivity (Wildman–Crippen MR) is 107 cm³/mol. The largest absolute Gasteiger partial charge is 0.461 e. The van der Waals surface area contributed by atoms with E-state index in [1.165, 1.54) is 5.57 Å². The van der Waals surface area contributed by atoms with Gasteiger partial charge < -0.3 is 19.8 Å². The van der Waals surface area contributed by atoms with E-state index in [-0.39, 0.29) is 12.2 Å². The Bertz CT molecular complexity index is 995. The van der Waals surface area contributed by atoms with Crippen molar-refractivity contribution in [1.82, 2.24) is 4.57 Å². The molecule has 1 aliphatic heterocycles. The van der Waals surface area contributed by atoms with Crippen molar-refractivity contribution in [2.75, 3.05) is 13.2 Å². The lowest BCUT2D eigenvalue weighted by molar-refractivity contribution is -0.122. The Morgan fingerprint density at radius 2 is 2.00 bits per heavy atom.